The number of amides is 1. The van der Waals surface area contributed by atoms with Crippen molar-refractivity contribution in [1.29, 1.82) is 0 Å². The molecule has 1 aliphatic rings. The number of Topliss-reactive ketones (excluding diaryl/α,β-unsaturated/α-hetero) is 1. The first-order chi connectivity index (χ1) is 14.3. The molecule has 3 aromatic rings. The quantitative estimate of drug-likeness (QED) is 0.504. The van der Waals surface area contributed by atoms with Crippen LogP contribution >= 0.6 is 0 Å². The third-order valence-corrected chi connectivity index (χ3v) is 5.54. The molecule has 1 N–H and O–H groups in total. The van der Waals surface area contributed by atoms with Crippen molar-refractivity contribution in [1.82, 2.24) is 0 Å². The SMILES string of the molecule is COC(=O)c1ccc(CC2(C)C(=O)Nc3ccc(-c4cccc(C(C)=O)c4)cc32)o1. The Hall–Kier alpha value is -3.67. The molecular formula is C24H21NO5. The molecule has 1 aromatic heterocycles. The van der Waals surface area contributed by atoms with Gasteiger partial charge in [0.15, 0.2) is 5.78 Å². The molecular weight excluding hydrogens is 382 g/mol. The number of ketones is 1. The number of fused-ring (bicyclic) bond motifs is 1. The summed E-state index contributed by atoms with van der Waals surface area (Å²) in [7, 11) is 1.29. The Bertz CT molecular complexity index is 1180. The van der Waals surface area contributed by atoms with Crippen molar-refractivity contribution in [3.05, 3.63) is 77.2 Å². The zero-order valence-corrected chi connectivity index (χ0v) is 16.9. The fourth-order valence-electron chi connectivity index (χ4n) is 3.80. The Morgan fingerprint density at radius 3 is 2.57 bits per heavy atom. The second kappa shape index (κ2) is 7.30. The molecule has 0 radical (unpaired) electrons. The Morgan fingerprint density at radius 1 is 1.07 bits per heavy atom. The van der Waals surface area contributed by atoms with Gasteiger partial charge in [0.05, 0.1) is 12.5 Å². The summed E-state index contributed by atoms with van der Waals surface area (Å²) in [5.74, 6) is -0.0770. The molecule has 152 valence electrons. The standard InChI is InChI=1S/C24H21NO5/c1-14(26)15-5-4-6-16(11-15)17-7-9-20-19(12-17)24(2,23(28)25-20)13-18-8-10-21(30-18)22(27)29-3/h4-12H,13H2,1-3H3,(H,25,28). The van der Waals surface area contributed by atoms with Crippen LogP contribution < -0.4 is 5.32 Å². The molecule has 6 nitrogen and oxygen atoms in total. The number of carbonyl (C=O) groups excluding carboxylic acids is 3. The molecule has 1 unspecified atom stereocenters. The van der Waals surface area contributed by atoms with Gasteiger partial charge in [-0.3, -0.25) is 9.59 Å². The van der Waals surface area contributed by atoms with Crippen molar-refractivity contribution in [3.8, 4) is 11.1 Å². The summed E-state index contributed by atoms with van der Waals surface area (Å²) in [4.78, 5) is 36.3. The number of ether oxygens (including phenoxy) is 1. The van der Waals surface area contributed by atoms with E-state index in [9.17, 15) is 14.4 Å². The number of nitrogens with one attached hydrogen (secondary N) is 1. The number of methoxy groups -OCH3 is 1. The van der Waals surface area contributed by atoms with E-state index in [0.29, 0.717) is 17.7 Å². The van der Waals surface area contributed by atoms with Crippen LogP contribution in [-0.2, 0) is 21.4 Å². The van der Waals surface area contributed by atoms with Crippen molar-refractivity contribution in [2.75, 3.05) is 12.4 Å². The monoisotopic (exact) mass is 403 g/mol. The summed E-state index contributed by atoms with van der Waals surface area (Å²) in [6, 6.07) is 16.4. The van der Waals surface area contributed by atoms with E-state index < -0.39 is 11.4 Å². The molecule has 0 aliphatic carbocycles. The second-order valence-corrected chi connectivity index (χ2v) is 7.62. The minimum Gasteiger partial charge on any atom is -0.463 e. The number of furan rings is 1. The van der Waals surface area contributed by atoms with E-state index in [1.165, 1.54) is 14.0 Å². The zero-order valence-electron chi connectivity index (χ0n) is 16.9. The van der Waals surface area contributed by atoms with Crippen LogP contribution in [0.15, 0.2) is 59.0 Å². The maximum absolute atomic E-state index is 12.9. The summed E-state index contributed by atoms with van der Waals surface area (Å²) in [6.45, 7) is 3.39. The summed E-state index contributed by atoms with van der Waals surface area (Å²) in [5, 5.41) is 2.93. The first-order valence-electron chi connectivity index (χ1n) is 9.56. The van der Waals surface area contributed by atoms with Crippen molar-refractivity contribution >= 4 is 23.3 Å². The van der Waals surface area contributed by atoms with E-state index in [0.717, 1.165) is 22.4 Å². The van der Waals surface area contributed by atoms with Crippen LogP contribution in [0, 0.1) is 0 Å². The highest BCUT2D eigenvalue weighted by Crippen LogP contribution is 2.42. The summed E-state index contributed by atoms with van der Waals surface area (Å²) in [6.07, 6.45) is 0.291. The third kappa shape index (κ3) is 3.30. The highest BCUT2D eigenvalue weighted by Gasteiger charge is 2.43. The van der Waals surface area contributed by atoms with Gasteiger partial charge in [-0.15, -0.1) is 0 Å². The van der Waals surface area contributed by atoms with Gasteiger partial charge in [0.2, 0.25) is 11.7 Å². The van der Waals surface area contributed by atoms with Gasteiger partial charge in [0, 0.05) is 17.7 Å². The van der Waals surface area contributed by atoms with Gasteiger partial charge in [-0.2, -0.15) is 0 Å². The van der Waals surface area contributed by atoms with Crippen LogP contribution in [0.3, 0.4) is 0 Å². The fraction of sp³-hybridized carbons (Fsp3) is 0.208. The number of benzene rings is 2. The Labute approximate surface area is 173 Å². The molecule has 2 heterocycles. The number of esters is 1. The van der Waals surface area contributed by atoms with E-state index in [1.807, 2.05) is 43.3 Å². The Kier molecular flexibility index (Phi) is 4.78. The average molecular weight is 403 g/mol. The van der Waals surface area contributed by atoms with E-state index in [1.54, 1.807) is 18.2 Å². The van der Waals surface area contributed by atoms with Crippen LogP contribution in [-0.4, -0.2) is 24.8 Å². The van der Waals surface area contributed by atoms with Crippen LogP contribution in [0.1, 0.15) is 46.1 Å². The molecule has 0 spiro atoms. The Balaban J connectivity index is 1.71. The van der Waals surface area contributed by atoms with Crippen molar-refractivity contribution in [2.24, 2.45) is 0 Å². The van der Waals surface area contributed by atoms with Crippen LogP contribution in [0.5, 0.6) is 0 Å². The molecule has 4 rings (SSSR count). The van der Waals surface area contributed by atoms with Crippen LogP contribution in [0.25, 0.3) is 11.1 Å². The van der Waals surface area contributed by atoms with Crippen molar-refractivity contribution in [2.45, 2.75) is 25.7 Å². The average Bonchev–Trinajstić information content (AvgIpc) is 3.30. The van der Waals surface area contributed by atoms with Gasteiger partial charge >= 0.3 is 5.97 Å². The summed E-state index contributed by atoms with van der Waals surface area (Å²) >= 11 is 0. The highest BCUT2D eigenvalue weighted by atomic mass is 16.5. The molecule has 1 amide bonds. The number of hydrogen-bond acceptors (Lipinski definition) is 5. The maximum Gasteiger partial charge on any atom is 0.373 e. The number of rotatable bonds is 5. The minimum atomic E-state index is -0.866. The largest absolute Gasteiger partial charge is 0.463 e. The second-order valence-electron chi connectivity index (χ2n) is 7.62. The third-order valence-electron chi connectivity index (χ3n) is 5.54. The lowest BCUT2D eigenvalue weighted by molar-refractivity contribution is -0.120. The smallest absolute Gasteiger partial charge is 0.373 e. The van der Waals surface area contributed by atoms with Gasteiger partial charge in [-0.1, -0.05) is 24.3 Å². The molecule has 0 saturated carbocycles. The normalized spacial score (nSPS) is 17.4. The van der Waals surface area contributed by atoms with Gasteiger partial charge in [0.1, 0.15) is 5.76 Å². The topological polar surface area (TPSA) is 85.6 Å². The molecule has 0 fully saturated rings. The molecule has 1 aliphatic heterocycles. The van der Waals surface area contributed by atoms with Gasteiger partial charge in [0.25, 0.3) is 0 Å². The van der Waals surface area contributed by atoms with Gasteiger partial charge in [-0.25, -0.2) is 4.79 Å². The van der Waals surface area contributed by atoms with Gasteiger partial charge in [-0.05, 0) is 60.9 Å². The first kappa shape index (κ1) is 19.6. The Morgan fingerprint density at radius 2 is 1.83 bits per heavy atom. The zero-order chi connectivity index (χ0) is 21.5. The highest BCUT2D eigenvalue weighted by molar-refractivity contribution is 6.06. The molecule has 0 bridgehead atoms. The van der Waals surface area contributed by atoms with E-state index in [2.05, 4.69) is 10.1 Å². The molecule has 30 heavy (non-hydrogen) atoms. The molecule has 1 atom stereocenters. The van der Waals surface area contributed by atoms with E-state index in [-0.39, 0.29) is 17.5 Å². The van der Waals surface area contributed by atoms with Crippen molar-refractivity contribution < 1.29 is 23.5 Å². The fourth-order valence-corrected chi connectivity index (χ4v) is 3.80. The minimum absolute atomic E-state index is 0.000998. The van der Waals surface area contributed by atoms with Crippen molar-refractivity contribution in [3.63, 3.8) is 0 Å². The molecule has 0 saturated heterocycles. The van der Waals surface area contributed by atoms with E-state index in [4.69, 9.17) is 4.42 Å². The predicted molar refractivity (Wildman–Crippen MR) is 112 cm³/mol. The summed E-state index contributed by atoms with van der Waals surface area (Å²) in [5.41, 5.74) is 3.17. The van der Waals surface area contributed by atoms with E-state index >= 15 is 0 Å². The van der Waals surface area contributed by atoms with Gasteiger partial charge < -0.3 is 14.5 Å². The van der Waals surface area contributed by atoms with Crippen LogP contribution in [0.4, 0.5) is 5.69 Å². The maximum atomic E-state index is 12.9. The molecule has 2 aromatic carbocycles. The molecule has 6 heteroatoms. The summed E-state index contributed by atoms with van der Waals surface area (Å²) < 4.78 is 10.3. The lowest BCUT2D eigenvalue weighted by Gasteiger charge is -2.21. The van der Waals surface area contributed by atoms with Crippen LogP contribution in [0.2, 0.25) is 0 Å². The number of anilines is 1. The lowest BCUT2D eigenvalue weighted by atomic mass is 9.79. The predicted octanol–water partition coefficient (Wildman–Crippen LogP) is 4.39. The number of hydrogen-bond donors (Lipinski definition) is 1. The number of carbonyl (C=O) groups is 3. The lowest BCUT2D eigenvalue weighted by Crippen LogP contribution is -2.33. The first-order valence-corrected chi connectivity index (χ1v) is 9.56.